The summed E-state index contributed by atoms with van der Waals surface area (Å²) in [5, 5.41) is 0. The first-order valence-corrected chi connectivity index (χ1v) is 7.40. The summed E-state index contributed by atoms with van der Waals surface area (Å²) in [4.78, 5) is 2.45. The summed E-state index contributed by atoms with van der Waals surface area (Å²) < 4.78 is 5.45. The van der Waals surface area contributed by atoms with Crippen molar-refractivity contribution in [3.63, 3.8) is 0 Å². The van der Waals surface area contributed by atoms with E-state index in [1.807, 2.05) is 0 Å². The van der Waals surface area contributed by atoms with Crippen molar-refractivity contribution in [2.75, 3.05) is 21.2 Å². The second kappa shape index (κ2) is 4.52. The molecule has 0 amide bonds. The fourth-order valence-electron chi connectivity index (χ4n) is 4.73. The number of fused-ring (bicyclic) bond motifs is 4. The van der Waals surface area contributed by atoms with Crippen molar-refractivity contribution in [2.24, 2.45) is 5.92 Å². The molecule has 0 aromatic heterocycles. The number of methoxy groups -OCH3 is 1. The molecule has 104 valence electrons. The third-order valence-electron chi connectivity index (χ3n) is 5.34. The summed E-state index contributed by atoms with van der Waals surface area (Å²) >= 11 is 0. The minimum absolute atomic E-state index is 0.286. The van der Waals surface area contributed by atoms with Crippen LogP contribution in [-0.2, 0) is 11.8 Å². The third-order valence-corrected chi connectivity index (χ3v) is 5.34. The Morgan fingerprint density at radius 1 is 1.32 bits per heavy atom. The van der Waals surface area contributed by atoms with E-state index in [1.165, 1.54) is 31.2 Å². The Morgan fingerprint density at radius 2 is 2.11 bits per heavy atom. The number of nitrogens with zero attached hydrogens (tertiary/aromatic N) is 1. The summed E-state index contributed by atoms with van der Waals surface area (Å²) in [6.07, 6.45) is 5.27. The lowest BCUT2D eigenvalue weighted by molar-refractivity contribution is 0.0624. The minimum Gasteiger partial charge on any atom is -0.497 e. The van der Waals surface area contributed by atoms with Crippen LogP contribution in [0.1, 0.15) is 37.3 Å². The molecule has 1 aromatic carbocycles. The Balaban J connectivity index is 2.13. The Morgan fingerprint density at radius 3 is 2.79 bits per heavy atom. The van der Waals surface area contributed by atoms with E-state index in [0.717, 1.165) is 11.7 Å². The van der Waals surface area contributed by atoms with Gasteiger partial charge in [-0.25, -0.2) is 0 Å². The van der Waals surface area contributed by atoms with Gasteiger partial charge in [-0.05, 0) is 62.5 Å². The van der Waals surface area contributed by atoms with Crippen molar-refractivity contribution >= 4 is 0 Å². The fourth-order valence-corrected chi connectivity index (χ4v) is 4.73. The maximum atomic E-state index is 5.45. The molecule has 2 bridgehead atoms. The average molecular weight is 259 g/mol. The lowest BCUT2D eigenvalue weighted by Gasteiger charge is -2.53. The molecule has 0 aliphatic heterocycles. The fraction of sp³-hybridized carbons (Fsp3) is 0.647. The predicted molar refractivity (Wildman–Crippen MR) is 78.9 cm³/mol. The molecule has 2 aliphatic carbocycles. The van der Waals surface area contributed by atoms with E-state index in [4.69, 9.17) is 4.74 Å². The van der Waals surface area contributed by atoms with Gasteiger partial charge in [-0.2, -0.15) is 0 Å². The number of hydrogen-bond acceptors (Lipinski definition) is 2. The minimum atomic E-state index is 0.286. The van der Waals surface area contributed by atoms with Gasteiger partial charge in [0.05, 0.1) is 7.11 Å². The first-order chi connectivity index (χ1) is 9.06. The smallest absolute Gasteiger partial charge is 0.119 e. The zero-order chi connectivity index (χ0) is 13.6. The first-order valence-electron chi connectivity index (χ1n) is 7.40. The van der Waals surface area contributed by atoms with Gasteiger partial charge in [-0.3, -0.25) is 0 Å². The zero-order valence-corrected chi connectivity index (χ0v) is 12.6. The number of benzene rings is 1. The highest BCUT2D eigenvalue weighted by molar-refractivity contribution is 5.44. The van der Waals surface area contributed by atoms with Gasteiger partial charge in [0.2, 0.25) is 0 Å². The summed E-state index contributed by atoms with van der Waals surface area (Å²) in [5.41, 5.74) is 3.36. The van der Waals surface area contributed by atoms with Crippen molar-refractivity contribution in [3.8, 4) is 5.75 Å². The summed E-state index contributed by atoms with van der Waals surface area (Å²) in [6.45, 7) is 2.46. The van der Waals surface area contributed by atoms with Gasteiger partial charge in [0, 0.05) is 11.5 Å². The molecule has 0 radical (unpaired) electrons. The van der Waals surface area contributed by atoms with Crippen LogP contribution in [0.5, 0.6) is 5.75 Å². The molecule has 0 N–H and O–H groups in total. The summed E-state index contributed by atoms with van der Waals surface area (Å²) in [5.74, 6) is 1.82. The van der Waals surface area contributed by atoms with Gasteiger partial charge in [-0.1, -0.05) is 19.4 Å². The van der Waals surface area contributed by atoms with Crippen molar-refractivity contribution in [1.29, 1.82) is 0 Å². The van der Waals surface area contributed by atoms with Crippen LogP contribution >= 0.6 is 0 Å². The van der Waals surface area contributed by atoms with E-state index in [1.54, 1.807) is 12.7 Å². The van der Waals surface area contributed by atoms with E-state index >= 15 is 0 Å². The molecule has 0 saturated heterocycles. The quantitative estimate of drug-likeness (QED) is 0.808. The van der Waals surface area contributed by atoms with Crippen LogP contribution in [0, 0.1) is 5.92 Å². The highest BCUT2D eigenvalue weighted by Gasteiger charge is 2.48. The van der Waals surface area contributed by atoms with Crippen LogP contribution < -0.4 is 4.74 Å². The Hall–Kier alpha value is -1.02. The summed E-state index contributed by atoms with van der Waals surface area (Å²) in [7, 11) is 6.25. The number of hydrogen-bond donors (Lipinski definition) is 0. The van der Waals surface area contributed by atoms with Crippen LogP contribution in [-0.4, -0.2) is 32.1 Å². The molecule has 1 unspecified atom stereocenters. The molecule has 3 atom stereocenters. The first kappa shape index (κ1) is 13.0. The van der Waals surface area contributed by atoms with Crippen LogP contribution in [0.2, 0.25) is 0 Å². The Labute approximate surface area is 116 Å². The van der Waals surface area contributed by atoms with Crippen LogP contribution in [0.4, 0.5) is 0 Å². The van der Waals surface area contributed by atoms with E-state index < -0.39 is 0 Å². The SMILES string of the molecule is COc1ccc2c(c1)[C@@]1(C)CCCC(C2)[C@H]1N(C)C. The van der Waals surface area contributed by atoms with Gasteiger partial charge in [0.15, 0.2) is 0 Å². The molecule has 1 aromatic rings. The second-order valence-corrected chi connectivity index (χ2v) is 6.71. The Kier molecular flexibility index (Phi) is 3.09. The van der Waals surface area contributed by atoms with Crippen molar-refractivity contribution < 1.29 is 4.74 Å². The summed E-state index contributed by atoms with van der Waals surface area (Å²) in [6, 6.07) is 7.36. The number of rotatable bonds is 2. The van der Waals surface area contributed by atoms with Crippen molar-refractivity contribution in [3.05, 3.63) is 29.3 Å². The largest absolute Gasteiger partial charge is 0.497 e. The van der Waals surface area contributed by atoms with Crippen LogP contribution in [0.15, 0.2) is 18.2 Å². The lowest BCUT2D eigenvalue weighted by Crippen LogP contribution is -2.56. The molecule has 2 heteroatoms. The van der Waals surface area contributed by atoms with E-state index in [0.29, 0.717) is 6.04 Å². The van der Waals surface area contributed by atoms with Gasteiger partial charge in [-0.15, -0.1) is 0 Å². The highest BCUT2D eigenvalue weighted by atomic mass is 16.5. The Bertz CT molecular complexity index is 482. The molecule has 1 fully saturated rings. The molecule has 19 heavy (non-hydrogen) atoms. The predicted octanol–water partition coefficient (Wildman–Crippen LogP) is 3.24. The van der Waals surface area contributed by atoms with Gasteiger partial charge < -0.3 is 9.64 Å². The van der Waals surface area contributed by atoms with Gasteiger partial charge in [0.1, 0.15) is 5.75 Å². The zero-order valence-electron chi connectivity index (χ0n) is 12.6. The maximum Gasteiger partial charge on any atom is 0.119 e. The van der Waals surface area contributed by atoms with E-state index in [-0.39, 0.29) is 5.41 Å². The molecular formula is C17H25NO. The van der Waals surface area contributed by atoms with E-state index in [2.05, 4.69) is 44.1 Å². The van der Waals surface area contributed by atoms with Crippen molar-refractivity contribution in [1.82, 2.24) is 4.90 Å². The standard InChI is InChI=1S/C17H25NO/c1-17-9-5-6-13(16(17)18(2)3)10-12-7-8-14(19-4)11-15(12)17/h7-8,11,13,16H,5-6,9-10H2,1-4H3/t13?,16-,17-/m1/s1. The van der Waals surface area contributed by atoms with Gasteiger partial charge in [0.25, 0.3) is 0 Å². The third kappa shape index (κ3) is 1.88. The topological polar surface area (TPSA) is 12.5 Å². The normalized spacial score (nSPS) is 33.1. The molecule has 2 aliphatic rings. The maximum absolute atomic E-state index is 5.45. The van der Waals surface area contributed by atoms with Crippen LogP contribution in [0.3, 0.4) is 0 Å². The van der Waals surface area contributed by atoms with Crippen LogP contribution in [0.25, 0.3) is 0 Å². The molecule has 0 heterocycles. The lowest BCUT2D eigenvalue weighted by atomic mass is 9.57. The molecule has 1 saturated carbocycles. The molecule has 2 nitrogen and oxygen atoms in total. The highest BCUT2D eigenvalue weighted by Crippen LogP contribution is 2.50. The number of ether oxygens (including phenoxy) is 1. The molecule has 0 spiro atoms. The van der Waals surface area contributed by atoms with E-state index in [9.17, 15) is 0 Å². The monoisotopic (exact) mass is 259 g/mol. The average Bonchev–Trinajstić information content (AvgIpc) is 2.37. The second-order valence-electron chi connectivity index (χ2n) is 6.71. The van der Waals surface area contributed by atoms with Crippen molar-refractivity contribution in [2.45, 2.75) is 44.1 Å². The molecular weight excluding hydrogens is 234 g/mol. The molecule has 3 rings (SSSR count). The number of likely N-dealkylation sites (N-methyl/N-ethyl adjacent to an activating group) is 1. The van der Waals surface area contributed by atoms with Gasteiger partial charge >= 0.3 is 0 Å².